The topological polar surface area (TPSA) is 44.5 Å². The largest absolute Gasteiger partial charge is 0.496 e. The maximum absolute atomic E-state index is 5.87. The van der Waals surface area contributed by atoms with Crippen LogP contribution in [0, 0.1) is 19.3 Å². The van der Waals surface area contributed by atoms with Crippen LogP contribution < -0.4 is 15.2 Å². The van der Waals surface area contributed by atoms with Crippen molar-refractivity contribution in [3.8, 4) is 11.5 Å². The zero-order valence-corrected chi connectivity index (χ0v) is 11.8. The summed E-state index contributed by atoms with van der Waals surface area (Å²) in [4.78, 5) is 0. The lowest BCUT2D eigenvalue weighted by Crippen LogP contribution is -2.18. The minimum atomic E-state index is 0.306. The summed E-state index contributed by atoms with van der Waals surface area (Å²) in [5, 5.41) is 0. The van der Waals surface area contributed by atoms with E-state index >= 15 is 0 Å². The maximum Gasteiger partial charge on any atom is 0.125 e. The van der Waals surface area contributed by atoms with Crippen LogP contribution in [-0.4, -0.2) is 20.8 Å². The summed E-state index contributed by atoms with van der Waals surface area (Å²) in [5.41, 5.74) is 9.72. The average Bonchev–Trinajstić information content (AvgIpc) is 3.14. The summed E-state index contributed by atoms with van der Waals surface area (Å²) in [6.07, 6.45) is 3.44. The molecule has 0 atom stereocenters. The molecule has 1 saturated carbocycles. The van der Waals surface area contributed by atoms with Gasteiger partial charge in [-0.05, 0) is 67.8 Å². The van der Waals surface area contributed by atoms with Gasteiger partial charge in [0.05, 0.1) is 14.2 Å². The van der Waals surface area contributed by atoms with E-state index in [1.807, 2.05) is 0 Å². The van der Waals surface area contributed by atoms with Gasteiger partial charge >= 0.3 is 0 Å². The number of methoxy groups -OCH3 is 2. The zero-order valence-electron chi connectivity index (χ0n) is 11.8. The molecule has 3 heteroatoms. The molecule has 100 valence electrons. The van der Waals surface area contributed by atoms with Crippen molar-refractivity contribution in [3.63, 3.8) is 0 Å². The fourth-order valence-corrected chi connectivity index (χ4v) is 2.59. The van der Waals surface area contributed by atoms with E-state index in [0.717, 1.165) is 30.0 Å². The van der Waals surface area contributed by atoms with Gasteiger partial charge in [-0.2, -0.15) is 0 Å². The molecule has 0 unspecified atom stereocenters. The van der Waals surface area contributed by atoms with E-state index < -0.39 is 0 Å². The van der Waals surface area contributed by atoms with Crippen LogP contribution in [0.3, 0.4) is 0 Å². The highest BCUT2D eigenvalue weighted by Crippen LogP contribution is 2.49. The van der Waals surface area contributed by atoms with Crippen molar-refractivity contribution in [3.05, 3.63) is 22.8 Å². The Kier molecular flexibility index (Phi) is 3.53. The van der Waals surface area contributed by atoms with E-state index in [1.165, 1.54) is 24.0 Å². The molecule has 1 aromatic rings. The summed E-state index contributed by atoms with van der Waals surface area (Å²) in [6.45, 7) is 4.91. The van der Waals surface area contributed by atoms with E-state index in [4.69, 9.17) is 15.2 Å². The lowest BCUT2D eigenvalue weighted by molar-refractivity contribution is 0.387. The van der Waals surface area contributed by atoms with Crippen molar-refractivity contribution in [2.24, 2.45) is 11.1 Å². The first-order chi connectivity index (χ1) is 8.56. The third-order valence-corrected chi connectivity index (χ3v) is 4.25. The average molecular weight is 249 g/mol. The van der Waals surface area contributed by atoms with Gasteiger partial charge in [-0.25, -0.2) is 0 Å². The summed E-state index contributed by atoms with van der Waals surface area (Å²) >= 11 is 0. The standard InChI is InChI=1S/C15H23NO2/c1-10-11(2)14(18-4)12(7-13(10)17-3)8-15(9-16)5-6-15/h7H,5-6,8-9,16H2,1-4H3. The molecule has 2 N–H and O–H groups in total. The number of rotatable bonds is 5. The Balaban J connectivity index is 2.41. The number of ether oxygens (including phenoxy) is 2. The third kappa shape index (κ3) is 2.19. The summed E-state index contributed by atoms with van der Waals surface area (Å²) in [7, 11) is 3.45. The van der Waals surface area contributed by atoms with Crippen molar-refractivity contribution in [2.45, 2.75) is 33.1 Å². The van der Waals surface area contributed by atoms with Crippen molar-refractivity contribution in [2.75, 3.05) is 20.8 Å². The molecule has 1 aliphatic carbocycles. The van der Waals surface area contributed by atoms with Crippen molar-refractivity contribution >= 4 is 0 Å². The van der Waals surface area contributed by atoms with E-state index in [1.54, 1.807) is 14.2 Å². The van der Waals surface area contributed by atoms with Crippen LogP contribution in [0.1, 0.15) is 29.5 Å². The predicted octanol–water partition coefficient (Wildman–Crippen LogP) is 2.60. The van der Waals surface area contributed by atoms with Gasteiger partial charge < -0.3 is 15.2 Å². The lowest BCUT2D eigenvalue weighted by Gasteiger charge is -2.20. The molecule has 0 bridgehead atoms. The van der Waals surface area contributed by atoms with Crippen LogP contribution in [0.25, 0.3) is 0 Å². The number of hydrogen-bond donors (Lipinski definition) is 1. The quantitative estimate of drug-likeness (QED) is 0.872. The van der Waals surface area contributed by atoms with Gasteiger partial charge in [-0.1, -0.05) is 0 Å². The Hall–Kier alpha value is -1.22. The molecule has 0 saturated heterocycles. The van der Waals surface area contributed by atoms with Crippen LogP contribution in [-0.2, 0) is 6.42 Å². The number of benzene rings is 1. The van der Waals surface area contributed by atoms with Crippen LogP contribution in [0.4, 0.5) is 0 Å². The summed E-state index contributed by atoms with van der Waals surface area (Å²) < 4.78 is 11.0. The molecule has 1 fully saturated rings. The fraction of sp³-hybridized carbons (Fsp3) is 0.600. The Morgan fingerprint density at radius 3 is 2.28 bits per heavy atom. The van der Waals surface area contributed by atoms with Gasteiger partial charge in [-0.15, -0.1) is 0 Å². The normalized spacial score (nSPS) is 16.5. The first-order valence-electron chi connectivity index (χ1n) is 6.48. The molecule has 1 aromatic carbocycles. The molecule has 3 nitrogen and oxygen atoms in total. The van der Waals surface area contributed by atoms with Gasteiger partial charge in [0.25, 0.3) is 0 Å². The number of hydrogen-bond acceptors (Lipinski definition) is 3. The predicted molar refractivity (Wildman–Crippen MR) is 73.4 cm³/mol. The highest BCUT2D eigenvalue weighted by molar-refractivity contribution is 5.53. The molecule has 0 amide bonds. The van der Waals surface area contributed by atoms with E-state index in [0.29, 0.717) is 5.41 Å². The molecular formula is C15H23NO2. The fourth-order valence-electron chi connectivity index (χ4n) is 2.59. The van der Waals surface area contributed by atoms with E-state index in [2.05, 4.69) is 19.9 Å². The molecule has 0 radical (unpaired) electrons. The lowest BCUT2D eigenvalue weighted by atomic mass is 9.92. The molecule has 1 aliphatic rings. The Bertz CT molecular complexity index is 450. The van der Waals surface area contributed by atoms with Crippen LogP contribution in [0.15, 0.2) is 6.07 Å². The van der Waals surface area contributed by atoms with Gasteiger partial charge in [-0.3, -0.25) is 0 Å². The Morgan fingerprint density at radius 2 is 1.83 bits per heavy atom. The Labute approximate surface area is 109 Å². The molecule has 0 aliphatic heterocycles. The van der Waals surface area contributed by atoms with E-state index in [-0.39, 0.29) is 0 Å². The minimum absolute atomic E-state index is 0.306. The van der Waals surface area contributed by atoms with Crippen molar-refractivity contribution in [1.29, 1.82) is 0 Å². The van der Waals surface area contributed by atoms with Crippen LogP contribution >= 0.6 is 0 Å². The molecular weight excluding hydrogens is 226 g/mol. The third-order valence-electron chi connectivity index (χ3n) is 4.25. The van der Waals surface area contributed by atoms with E-state index in [9.17, 15) is 0 Å². The van der Waals surface area contributed by atoms with Crippen LogP contribution in [0.5, 0.6) is 11.5 Å². The van der Waals surface area contributed by atoms with Crippen LogP contribution in [0.2, 0.25) is 0 Å². The molecule has 2 rings (SSSR count). The monoisotopic (exact) mass is 249 g/mol. The first kappa shape index (κ1) is 13.2. The summed E-state index contributed by atoms with van der Waals surface area (Å²) in [5.74, 6) is 1.93. The Morgan fingerprint density at radius 1 is 1.17 bits per heavy atom. The minimum Gasteiger partial charge on any atom is -0.496 e. The first-order valence-corrected chi connectivity index (χ1v) is 6.48. The van der Waals surface area contributed by atoms with Gasteiger partial charge in [0.2, 0.25) is 0 Å². The second-order valence-corrected chi connectivity index (χ2v) is 5.40. The highest BCUT2D eigenvalue weighted by atomic mass is 16.5. The van der Waals surface area contributed by atoms with Crippen molar-refractivity contribution < 1.29 is 9.47 Å². The van der Waals surface area contributed by atoms with Gasteiger partial charge in [0.1, 0.15) is 11.5 Å². The molecule has 0 heterocycles. The second-order valence-electron chi connectivity index (χ2n) is 5.40. The number of nitrogens with two attached hydrogens (primary N) is 1. The second kappa shape index (κ2) is 4.81. The smallest absolute Gasteiger partial charge is 0.125 e. The SMILES string of the molecule is COc1cc(CC2(CN)CC2)c(OC)c(C)c1C. The van der Waals surface area contributed by atoms with Gasteiger partial charge in [0, 0.05) is 0 Å². The zero-order chi connectivity index (χ0) is 13.3. The molecule has 18 heavy (non-hydrogen) atoms. The van der Waals surface area contributed by atoms with Gasteiger partial charge in [0.15, 0.2) is 0 Å². The molecule has 0 spiro atoms. The molecule has 0 aromatic heterocycles. The summed E-state index contributed by atoms with van der Waals surface area (Å²) in [6, 6.07) is 2.11. The van der Waals surface area contributed by atoms with Crippen molar-refractivity contribution in [1.82, 2.24) is 0 Å². The highest BCUT2D eigenvalue weighted by Gasteiger charge is 2.41. The maximum atomic E-state index is 5.87.